The molecule has 0 atom stereocenters. The molecule has 0 bridgehead atoms. The fraction of sp³-hybridized carbons (Fsp3) is 0.154. The first-order valence-electron chi connectivity index (χ1n) is 5.99. The van der Waals surface area contributed by atoms with Crippen molar-refractivity contribution in [3.05, 3.63) is 46.9 Å². The van der Waals surface area contributed by atoms with Crippen LogP contribution >= 0.6 is 23.8 Å². The van der Waals surface area contributed by atoms with Gasteiger partial charge in [0.15, 0.2) is 0 Å². The molecule has 2 aromatic rings. The molecule has 1 aromatic carbocycles. The highest BCUT2D eigenvalue weighted by Crippen LogP contribution is 2.30. The van der Waals surface area contributed by atoms with Crippen molar-refractivity contribution in [1.82, 2.24) is 0 Å². The summed E-state index contributed by atoms with van der Waals surface area (Å²) in [6, 6.07) is 6.89. The van der Waals surface area contributed by atoms with Crippen molar-refractivity contribution in [3.8, 4) is 0 Å². The molecule has 0 aliphatic heterocycles. The van der Waals surface area contributed by atoms with Gasteiger partial charge in [-0.3, -0.25) is 4.72 Å². The minimum atomic E-state index is -2.78. The minimum absolute atomic E-state index is 0.288. The van der Waals surface area contributed by atoms with Gasteiger partial charge < -0.3 is 9.73 Å². The van der Waals surface area contributed by atoms with E-state index in [1.54, 1.807) is 31.4 Å². The summed E-state index contributed by atoms with van der Waals surface area (Å²) in [7, 11) is -2.78. The molecule has 0 saturated carbocycles. The number of hydrogen-bond donors (Lipinski definition) is 3. The molecule has 0 spiro atoms. The molecule has 0 fully saturated rings. The van der Waals surface area contributed by atoms with Gasteiger partial charge in [-0.15, -0.1) is 0 Å². The monoisotopic (exact) mass is 344 g/mol. The number of hydrogen-bond acceptors (Lipinski definition) is 5. The van der Waals surface area contributed by atoms with Crippen LogP contribution in [0.25, 0.3) is 0 Å². The summed E-state index contributed by atoms with van der Waals surface area (Å²) >= 11 is 11.3. The maximum atomic E-state index is 10.8. The van der Waals surface area contributed by atoms with E-state index in [1.165, 1.54) is 0 Å². The maximum Gasteiger partial charge on any atom is 0.222 e. The Morgan fingerprint density at radius 3 is 2.71 bits per heavy atom. The molecule has 5 nitrogen and oxygen atoms in total. The number of nitrogens with one attached hydrogen (secondary N) is 2. The van der Waals surface area contributed by atoms with Gasteiger partial charge in [0.25, 0.3) is 0 Å². The first-order chi connectivity index (χ1) is 9.97. The first-order valence-corrected chi connectivity index (χ1v) is 7.95. The van der Waals surface area contributed by atoms with Crippen molar-refractivity contribution >= 4 is 50.9 Å². The molecule has 0 amide bonds. The van der Waals surface area contributed by atoms with E-state index < -0.39 is 10.9 Å². The molecule has 0 aliphatic carbocycles. The quantitative estimate of drug-likeness (QED) is 0.426. The van der Waals surface area contributed by atoms with Gasteiger partial charge in [0.2, 0.25) is 10.9 Å². The molecule has 21 heavy (non-hydrogen) atoms. The van der Waals surface area contributed by atoms with Crippen LogP contribution in [0.1, 0.15) is 18.2 Å². The van der Waals surface area contributed by atoms with Crippen LogP contribution in [0.5, 0.6) is 0 Å². The van der Waals surface area contributed by atoms with Crippen LogP contribution in [0, 0.1) is 0 Å². The van der Waals surface area contributed by atoms with Crippen molar-refractivity contribution in [1.29, 1.82) is 0 Å². The molecular weight excluding hydrogens is 332 g/mol. The van der Waals surface area contributed by atoms with Gasteiger partial charge in [-0.05, 0) is 31.2 Å². The lowest BCUT2D eigenvalue weighted by Crippen LogP contribution is -2.06. The topological polar surface area (TPSA) is 71.3 Å². The summed E-state index contributed by atoms with van der Waals surface area (Å²) in [4.78, 5) is 0.623. The first kappa shape index (κ1) is 15.8. The molecule has 2 rings (SSSR count). The fourth-order valence-corrected chi connectivity index (χ4v) is 2.62. The molecule has 1 heterocycles. The molecule has 112 valence electrons. The van der Waals surface area contributed by atoms with E-state index in [4.69, 9.17) is 28.2 Å². The Labute approximate surface area is 134 Å². The van der Waals surface area contributed by atoms with Crippen molar-refractivity contribution in [2.45, 2.75) is 13.5 Å². The van der Waals surface area contributed by atoms with Crippen molar-refractivity contribution in [2.75, 3.05) is 10.0 Å². The van der Waals surface area contributed by atoms with Crippen LogP contribution in [-0.2, 0) is 17.4 Å². The second-order valence-electron chi connectivity index (χ2n) is 4.24. The molecule has 0 aliphatic rings. The van der Waals surface area contributed by atoms with Gasteiger partial charge in [0.1, 0.15) is 5.76 Å². The summed E-state index contributed by atoms with van der Waals surface area (Å²) in [5.74, 6) is 0.768. The number of anilines is 2. The molecule has 1 aromatic heterocycles. The lowest BCUT2D eigenvalue weighted by molar-refractivity contribution is 0.518. The second kappa shape index (κ2) is 6.93. The van der Waals surface area contributed by atoms with Gasteiger partial charge >= 0.3 is 0 Å². The Morgan fingerprint density at radius 1 is 1.38 bits per heavy atom. The fourth-order valence-electron chi connectivity index (χ4n) is 1.79. The van der Waals surface area contributed by atoms with Gasteiger partial charge in [0.05, 0.1) is 23.5 Å². The zero-order valence-electron chi connectivity index (χ0n) is 11.1. The zero-order valence-corrected chi connectivity index (χ0v) is 13.5. The minimum Gasteiger partial charge on any atom is -0.467 e. The van der Waals surface area contributed by atoms with E-state index in [-0.39, 0.29) is 5.02 Å². The number of rotatable bonds is 6. The number of thiol groups is 1. The Bertz CT molecular complexity index is 719. The van der Waals surface area contributed by atoms with E-state index in [1.807, 2.05) is 6.07 Å². The third-order valence-corrected chi connectivity index (χ3v) is 3.69. The molecule has 0 saturated heterocycles. The summed E-state index contributed by atoms with van der Waals surface area (Å²) < 4.78 is 29.1. The number of benzene rings is 1. The third-order valence-electron chi connectivity index (χ3n) is 2.73. The second-order valence-corrected chi connectivity index (χ2v) is 5.99. The highest BCUT2D eigenvalue weighted by molar-refractivity contribution is 7.80. The standard InChI is InChI=1S/C13H13ClN2O3S2/c1-8(20)10-5-13(16-21(17)18)11(14)6-12(10)15-7-9-3-2-4-19-9/h2-6,15,21H,7H2,1H3,(H,16,17,18). The molecule has 2 N–H and O–H groups in total. The van der Waals surface area contributed by atoms with E-state index in [9.17, 15) is 8.42 Å². The highest BCUT2D eigenvalue weighted by Gasteiger charge is 2.11. The lowest BCUT2D eigenvalue weighted by atomic mass is 10.1. The van der Waals surface area contributed by atoms with Gasteiger partial charge in [0, 0.05) is 16.1 Å². The van der Waals surface area contributed by atoms with Crippen LogP contribution < -0.4 is 10.0 Å². The van der Waals surface area contributed by atoms with E-state index in [0.717, 1.165) is 11.4 Å². The summed E-state index contributed by atoms with van der Waals surface area (Å²) in [5.41, 5.74) is 1.73. The smallest absolute Gasteiger partial charge is 0.222 e. The average Bonchev–Trinajstić information content (AvgIpc) is 2.91. The van der Waals surface area contributed by atoms with Gasteiger partial charge in [-0.2, -0.15) is 0 Å². The largest absolute Gasteiger partial charge is 0.467 e. The Balaban J connectivity index is 2.31. The van der Waals surface area contributed by atoms with E-state index in [2.05, 4.69) is 10.0 Å². The molecule has 0 radical (unpaired) electrons. The van der Waals surface area contributed by atoms with E-state index in [0.29, 0.717) is 22.7 Å². The predicted octanol–water partition coefficient (Wildman–Crippen LogP) is 3.22. The third kappa shape index (κ3) is 4.20. The van der Waals surface area contributed by atoms with Crippen LogP contribution in [0.3, 0.4) is 0 Å². The van der Waals surface area contributed by atoms with Gasteiger partial charge in [-0.25, -0.2) is 8.42 Å². The summed E-state index contributed by atoms with van der Waals surface area (Å²) in [5, 5.41) is 3.46. The van der Waals surface area contributed by atoms with Crippen LogP contribution in [0.2, 0.25) is 5.02 Å². The average molecular weight is 345 g/mol. The SMILES string of the molecule is CC(=S)c1cc(N[SH](=O)=O)c(Cl)cc1NCc1ccco1. The Kier molecular flexibility index (Phi) is 5.22. The molecular formula is C13H13ClN2O3S2. The number of thiocarbonyl (C=S) groups is 1. The van der Waals surface area contributed by atoms with Crippen molar-refractivity contribution in [3.63, 3.8) is 0 Å². The molecule has 0 unspecified atom stereocenters. The predicted molar refractivity (Wildman–Crippen MR) is 88.8 cm³/mol. The summed E-state index contributed by atoms with van der Waals surface area (Å²) in [6.07, 6.45) is 1.59. The van der Waals surface area contributed by atoms with E-state index >= 15 is 0 Å². The van der Waals surface area contributed by atoms with Gasteiger partial charge in [-0.1, -0.05) is 23.8 Å². The summed E-state index contributed by atoms with van der Waals surface area (Å²) in [6.45, 7) is 2.24. The zero-order chi connectivity index (χ0) is 15.4. The lowest BCUT2D eigenvalue weighted by Gasteiger charge is -2.13. The number of furan rings is 1. The number of halogens is 1. The molecule has 8 heteroatoms. The van der Waals surface area contributed by atoms with Crippen molar-refractivity contribution in [2.24, 2.45) is 0 Å². The van der Waals surface area contributed by atoms with Crippen LogP contribution in [0.4, 0.5) is 11.4 Å². The van der Waals surface area contributed by atoms with Crippen molar-refractivity contribution < 1.29 is 12.8 Å². The van der Waals surface area contributed by atoms with Crippen LogP contribution in [0.15, 0.2) is 34.9 Å². The van der Waals surface area contributed by atoms with Crippen LogP contribution in [-0.4, -0.2) is 13.3 Å². The normalized spacial score (nSPS) is 10.6. The maximum absolute atomic E-state index is 10.8. The Hall–Kier alpha value is -1.57. The highest BCUT2D eigenvalue weighted by atomic mass is 35.5. The Morgan fingerprint density at radius 2 is 2.14 bits per heavy atom.